The van der Waals surface area contributed by atoms with Crippen molar-refractivity contribution in [2.24, 2.45) is 0 Å². The first-order valence-corrected chi connectivity index (χ1v) is 6.99. The Bertz CT molecular complexity index is 633. The highest BCUT2D eigenvalue weighted by molar-refractivity contribution is 6.06. The molecule has 0 unspecified atom stereocenters. The first kappa shape index (κ1) is 12.2. The predicted octanol–water partition coefficient (Wildman–Crippen LogP) is 4.87. The smallest absolute Gasteiger partial charge is 0.185 e. The zero-order chi connectivity index (χ0) is 13.2. The molecule has 1 fully saturated rings. The topological polar surface area (TPSA) is 17.1 Å². The van der Waals surface area contributed by atoms with Gasteiger partial charge in [-0.25, -0.2) is 0 Å². The third-order valence-corrected chi connectivity index (χ3v) is 4.18. The van der Waals surface area contributed by atoms with Gasteiger partial charge >= 0.3 is 0 Å². The van der Waals surface area contributed by atoms with E-state index in [0.29, 0.717) is 5.92 Å². The van der Waals surface area contributed by atoms with Crippen molar-refractivity contribution < 1.29 is 4.79 Å². The van der Waals surface area contributed by atoms with E-state index >= 15 is 0 Å². The van der Waals surface area contributed by atoms with E-state index in [-0.39, 0.29) is 5.78 Å². The highest BCUT2D eigenvalue weighted by Crippen LogP contribution is 2.37. The third-order valence-electron chi connectivity index (χ3n) is 4.18. The number of hydrogen-bond donors (Lipinski definition) is 0. The maximum Gasteiger partial charge on any atom is 0.185 e. The Morgan fingerprint density at radius 1 is 1.16 bits per heavy atom. The molecule has 0 atom stereocenters. The summed E-state index contributed by atoms with van der Waals surface area (Å²) in [5, 5.41) is 2.46. The molecule has 0 radical (unpaired) electrons. The van der Waals surface area contributed by atoms with Gasteiger partial charge in [-0.3, -0.25) is 4.79 Å². The summed E-state index contributed by atoms with van der Waals surface area (Å²) in [7, 11) is 0. The first-order chi connectivity index (χ1) is 9.29. The van der Waals surface area contributed by atoms with Crippen LogP contribution in [0, 0.1) is 0 Å². The van der Waals surface area contributed by atoms with Crippen molar-refractivity contribution in [1.29, 1.82) is 0 Å². The Morgan fingerprint density at radius 3 is 2.68 bits per heavy atom. The number of carbonyl (C=O) groups is 1. The van der Waals surface area contributed by atoms with E-state index in [9.17, 15) is 4.79 Å². The monoisotopic (exact) mass is 250 g/mol. The van der Waals surface area contributed by atoms with E-state index in [2.05, 4.69) is 30.8 Å². The number of benzene rings is 2. The van der Waals surface area contributed by atoms with Crippen LogP contribution in [0.5, 0.6) is 0 Å². The van der Waals surface area contributed by atoms with Crippen LogP contribution < -0.4 is 0 Å². The summed E-state index contributed by atoms with van der Waals surface area (Å²) in [4.78, 5) is 11.7. The van der Waals surface area contributed by atoms with Crippen molar-refractivity contribution in [1.82, 2.24) is 0 Å². The third kappa shape index (κ3) is 2.21. The molecule has 96 valence electrons. The van der Waals surface area contributed by atoms with Gasteiger partial charge in [-0.15, -0.1) is 0 Å². The highest BCUT2D eigenvalue weighted by atomic mass is 16.1. The number of rotatable bonds is 3. The zero-order valence-corrected chi connectivity index (χ0v) is 11.1. The van der Waals surface area contributed by atoms with Crippen molar-refractivity contribution >= 4 is 16.6 Å². The van der Waals surface area contributed by atoms with E-state index in [1.54, 1.807) is 0 Å². The summed E-state index contributed by atoms with van der Waals surface area (Å²) in [6.45, 7) is 3.55. The van der Waals surface area contributed by atoms with Gasteiger partial charge in [0.15, 0.2) is 5.78 Å². The van der Waals surface area contributed by atoms with Gasteiger partial charge in [0.2, 0.25) is 0 Å². The lowest BCUT2D eigenvalue weighted by atomic mass is 9.91. The van der Waals surface area contributed by atoms with Crippen LogP contribution in [0.4, 0.5) is 0 Å². The van der Waals surface area contributed by atoms with E-state index in [1.807, 2.05) is 12.1 Å². The molecule has 0 aromatic heterocycles. The molecule has 0 heterocycles. The number of fused-ring (bicyclic) bond motifs is 1. The normalized spacial score (nSPS) is 15.8. The molecule has 3 rings (SSSR count). The molecule has 0 N–H and O–H groups in total. The standard InChI is InChI=1S/C18H18O/c1-2-18(19)15-10-11-17-14(12-15)8-5-9-16(17)13-6-3-4-7-13/h2,5,8-13H,1,3-4,6-7H2. The van der Waals surface area contributed by atoms with Crippen molar-refractivity contribution in [2.75, 3.05) is 0 Å². The molecular weight excluding hydrogens is 232 g/mol. The lowest BCUT2D eigenvalue weighted by Gasteiger charge is -2.13. The van der Waals surface area contributed by atoms with Crippen LogP contribution in [0.3, 0.4) is 0 Å². The summed E-state index contributed by atoms with van der Waals surface area (Å²) in [5.41, 5.74) is 2.18. The first-order valence-electron chi connectivity index (χ1n) is 6.99. The Morgan fingerprint density at radius 2 is 1.95 bits per heavy atom. The van der Waals surface area contributed by atoms with Crippen molar-refractivity contribution in [2.45, 2.75) is 31.6 Å². The van der Waals surface area contributed by atoms with Gasteiger partial charge < -0.3 is 0 Å². The van der Waals surface area contributed by atoms with Gasteiger partial charge in [0, 0.05) is 5.56 Å². The summed E-state index contributed by atoms with van der Waals surface area (Å²) in [5.74, 6) is 0.692. The second-order valence-electron chi connectivity index (χ2n) is 5.33. The molecular formula is C18H18O. The molecule has 2 aromatic rings. The van der Waals surface area contributed by atoms with Crippen LogP contribution in [-0.4, -0.2) is 5.78 Å². The van der Waals surface area contributed by atoms with Crippen LogP contribution >= 0.6 is 0 Å². The minimum atomic E-state index is -0.00632. The molecule has 0 saturated heterocycles. The molecule has 1 aliphatic carbocycles. The van der Waals surface area contributed by atoms with Gasteiger partial charge in [-0.05, 0) is 47.2 Å². The quantitative estimate of drug-likeness (QED) is 0.561. The van der Waals surface area contributed by atoms with Gasteiger partial charge in [0.25, 0.3) is 0 Å². The summed E-state index contributed by atoms with van der Waals surface area (Å²) in [6.07, 6.45) is 6.66. The van der Waals surface area contributed by atoms with Gasteiger partial charge in [-0.2, -0.15) is 0 Å². The largest absolute Gasteiger partial charge is 0.289 e. The number of carbonyl (C=O) groups excluding carboxylic acids is 1. The molecule has 1 heteroatoms. The molecule has 0 amide bonds. The Hall–Kier alpha value is -1.89. The van der Waals surface area contributed by atoms with E-state index < -0.39 is 0 Å². The molecule has 19 heavy (non-hydrogen) atoms. The Labute approximate surface area is 113 Å². The maximum atomic E-state index is 11.7. The molecule has 0 aliphatic heterocycles. The van der Waals surface area contributed by atoms with Crippen LogP contribution in [0.25, 0.3) is 10.8 Å². The van der Waals surface area contributed by atoms with Crippen LogP contribution in [0.1, 0.15) is 47.5 Å². The van der Waals surface area contributed by atoms with Crippen LogP contribution in [-0.2, 0) is 0 Å². The number of ketones is 1. The van der Waals surface area contributed by atoms with E-state index in [1.165, 1.54) is 42.7 Å². The second-order valence-corrected chi connectivity index (χ2v) is 5.33. The summed E-state index contributed by atoms with van der Waals surface area (Å²) < 4.78 is 0. The van der Waals surface area contributed by atoms with E-state index in [0.717, 1.165) is 10.9 Å². The molecule has 1 nitrogen and oxygen atoms in total. The molecule has 0 bridgehead atoms. The average molecular weight is 250 g/mol. The SMILES string of the molecule is C=CC(=O)c1ccc2c(C3CCCC3)cccc2c1. The maximum absolute atomic E-state index is 11.7. The van der Waals surface area contributed by atoms with Gasteiger partial charge in [-0.1, -0.05) is 49.8 Å². The fourth-order valence-corrected chi connectivity index (χ4v) is 3.17. The van der Waals surface area contributed by atoms with E-state index in [4.69, 9.17) is 0 Å². The summed E-state index contributed by atoms with van der Waals surface area (Å²) >= 11 is 0. The molecule has 1 aliphatic rings. The van der Waals surface area contributed by atoms with Gasteiger partial charge in [0.1, 0.15) is 0 Å². The molecule has 1 saturated carbocycles. The predicted molar refractivity (Wildman–Crippen MR) is 79.7 cm³/mol. The lowest BCUT2D eigenvalue weighted by Crippen LogP contribution is -1.96. The van der Waals surface area contributed by atoms with Crippen molar-refractivity contribution in [3.05, 3.63) is 60.2 Å². The van der Waals surface area contributed by atoms with Crippen molar-refractivity contribution in [3.63, 3.8) is 0 Å². The minimum absolute atomic E-state index is 0.00632. The number of hydrogen-bond acceptors (Lipinski definition) is 1. The molecule has 2 aromatic carbocycles. The van der Waals surface area contributed by atoms with Crippen LogP contribution in [0.15, 0.2) is 49.1 Å². The van der Waals surface area contributed by atoms with Crippen molar-refractivity contribution in [3.8, 4) is 0 Å². The highest BCUT2D eigenvalue weighted by Gasteiger charge is 2.19. The number of allylic oxidation sites excluding steroid dienone is 1. The Kier molecular flexibility index (Phi) is 3.20. The second kappa shape index (κ2) is 5.00. The van der Waals surface area contributed by atoms with Crippen LogP contribution in [0.2, 0.25) is 0 Å². The minimum Gasteiger partial charge on any atom is -0.289 e. The summed E-state index contributed by atoms with van der Waals surface area (Å²) in [6, 6.07) is 12.4. The average Bonchev–Trinajstić information content (AvgIpc) is 2.99. The fraction of sp³-hybridized carbons (Fsp3) is 0.278. The van der Waals surface area contributed by atoms with Gasteiger partial charge in [0.05, 0.1) is 0 Å². The fourth-order valence-electron chi connectivity index (χ4n) is 3.17. The Balaban J connectivity index is 2.10. The molecule has 0 spiro atoms. The lowest BCUT2D eigenvalue weighted by molar-refractivity contribution is 0.104. The zero-order valence-electron chi connectivity index (χ0n) is 11.1.